The van der Waals surface area contributed by atoms with Crippen LogP contribution in [0.3, 0.4) is 0 Å². The molecule has 3 atom stereocenters. The molecular formula is C25H37N5O6. The summed E-state index contributed by atoms with van der Waals surface area (Å²) in [5.41, 5.74) is 11.0. The number of imide groups is 1. The van der Waals surface area contributed by atoms with Gasteiger partial charge in [0, 0.05) is 12.8 Å². The van der Waals surface area contributed by atoms with Gasteiger partial charge in [-0.3, -0.25) is 19.2 Å². The van der Waals surface area contributed by atoms with Crippen molar-refractivity contribution in [1.29, 1.82) is 0 Å². The van der Waals surface area contributed by atoms with Crippen molar-refractivity contribution in [3.63, 3.8) is 0 Å². The second-order valence-electron chi connectivity index (χ2n) is 9.80. The van der Waals surface area contributed by atoms with Crippen LogP contribution in [0.5, 0.6) is 0 Å². The number of nitrogens with zero attached hydrogens (tertiary/aromatic N) is 1. The number of ether oxygens (including phenoxy) is 1. The van der Waals surface area contributed by atoms with E-state index in [2.05, 4.69) is 10.6 Å². The number of nitrogens with one attached hydrogen (secondary N) is 2. The fourth-order valence-corrected chi connectivity index (χ4v) is 3.84. The van der Waals surface area contributed by atoms with Crippen molar-refractivity contribution in [3.05, 3.63) is 35.9 Å². The lowest BCUT2D eigenvalue weighted by molar-refractivity contribution is -0.142. The third kappa shape index (κ3) is 8.63. The van der Waals surface area contributed by atoms with Crippen LogP contribution in [0.15, 0.2) is 30.3 Å². The zero-order valence-electron chi connectivity index (χ0n) is 21.1. The predicted octanol–water partition coefficient (Wildman–Crippen LogP) is 0.739. The molecule has 0 saturated carbocycles. The summed E-state index contributed by atoms with van der Waals surface area (Å²) < 4.78 is 5.45. The van der Waals surface area contributed by atoms with Crippen molar-refractivity contribution in [2.24, 2.45) is 11.5 Å². The number of carbonyl (C=O) groups is 5. The van der Waals surface area contributed by atoms with Crippen molar-refractivity contribution >= 4 is 29.7 Å². The summed E-state index contributed by atoms with van der Waals surface area (Å²) in [6.45, 7) is 5.27. The number of unbranched alkanes of at least 4 members (excludes halogenated alkanes) is 1. The van der Waals surface area contributed by atoms with E-state index in [1.807, 2.05) is 0 Å². The van der Waals surface area contributed by atoms with Gasteiger partial charge >= 0.3 is 6.09 Å². The number of benzene rings is 1. The first-order valence-corrected chi connectivity index (χ1v) is 12.1. The molecule has 1 aliphatic heterocycles. The maximum atomic E-state index is 13.8. The Hall–Kier alpha value is -3.47. The average molecular weight is 504 g/mol. The molecule has 0 bridgehead atoms. The van der Waals surface area contributed by atoms with Gasteiger partial charge in [0.2, 0.25) is 17.7 Å². The van der Waals surface area contributed by atoms with Gasteiger partial charge in [-0.25, -0.2) is 9.69 Å². The van der Waals surface area contributed by atoms with Crippen LogP contribution in [0, 0.1) is 0 Å². The van der Waals surface area contributed by atoms with Crippen LogP contribution in [0.4, 0.5) is 4.79 Å². The Morgan fingerprint density at radius 3 is 2.36 bits per heavy atom. The summed E-state index contributed by atoms with van der Waals surface area (Å²) in [5, 5.41) is 5.21. The summed E-state index contributed by atoms with van der Waals surface area (Å²) in [4.78, 5) is 64.7. The molecular weight excluding hydrogens is 466 g/mol. The fourth-order valence-electron chi connectivity index (χ4n) is 3.84. The third-order valence-corrected chi connectivity index (χ3v) is 5.61. The Balaban J connectivity index is 2.40. The van der Waals surface area contributed by atoms with Gasteiger partial charge in [-0.1, -0.05) is 30.3 Å². The second kappa shape index (κ2) is 13.0. The van der Waals surface area contributed by atoms with Gasteiger partial charge in [-0.2, -0.15) is 0 Å². The molecule has 198 valence electrons. The standard InChI is InChI=1S/C25H37N5O6/c1-25(2,3)36-24(35)30(19(21(27)32)15-16-9-5-4-6-10-16)23(34)18(11-7-8-14-26)29-22(33)17-12-13-20(31)28-17/h4-6,9-10,17-19H,7-8,11-15,26H2,1-3H3,(H2,27,32)(H,28,31)(H,29,33)/t17-,18-,19-/m0/s1. The average Bonchev–Trinajstić information content (AvgIpc) is 3.23. The molecule has 11 nitrogen and oxygen atoms in total. The van der Waals surface area contributed by atoms with Crippen LogP contribution in [-0.4, -0.2) is 64.9 Å². The summed E-state index contributed by atoms with van der Waals surface area (Å²) in [6.07, 6.45) is 0.653. The van der Waals surface area contributed by atoms with Gasteiger partial charge in [0.25, 0.3) is 5.91 Å². The van der Waals surface area contributed by atoms with E-state index in [4.69, 9.17) is 16.2 Å². The lowest BCUT2D eigenvalue weighted by atomic mass is 10.0. The van der Waals surface area contributed by atoms with Crippen molar-refractivity contribution in [3.8, 4) is 0 Å². The highest BCUT2D eigenvalue weighted by Gasteiger charge is 2.41. The number of rotatable bonds is 11. The maximum absolute atomic E-state index is 13.8. The Morgan fingerprint density at radius 2 is 1.83 bits per heavy atom. The van der Waals surface area contributed by atoms with Crippen LogP contribution < -0.4 is 22.1 Å². The molecule has 0 unspecified atom stereocenters. The van der Waals surface area contributed by atoms with Crippen molar-refractivity contribution < 1.29 is 28.7 Å². The number of carbonyl (C=O) groups excluding carboxylic acids is 5. The number of amides is 5. The van der Waals surface area contributed by atoms with Gasteiger partial charge in [0.05, 0.1) is 0 Å². The largest absolute Gasteiger partial charge is 0.443 e. The highest BCUT2D eigenvalue weighted by atomic mass is 16.6. The first-order valence-electron chi connectivity index (χ1n) is 12.1. The minimum absolute atomic E-state index is 0.0245. The fraction of sp³-hybridized carbons (Fsp3) is 0.560. The van der Waals surface area contributed by atoms with Crippen LogP contribution in [-0.2, 0) is 30.3 Å². The quantitative estimate of drug-likeness (QED) is 0.322. The highest BCUT2D eigenvalue weighted by molar-refractivity contribution is 6.02. The Labute approximate surface area is 211 Å². The summed E-state index contributed by atoms with van der Waals surface area (Å²) in [5.74, 6) is -2.52. The van der Waals surface area contributed by atoms with Crippen molar-refractivity contribution in [1.82, 2.24) is 15.5 Å². The predicted molar refractivity (Wildman–Crippen MR) is 132 cm³/mol. The first kappa shape index (κ1) is 28.8. The van der Waals surface area contributed by atoms with E-state index >= 15 is 0 Å². The third-order valence-electron chi connectivity index (χ3n) is 5.61. The van der Waals surface area contributed by atoms with Gasteiger partial charge < -0.3 is 26.8 Å². The highest BCUT2D eigenvalue weighted by Crippen LogP contribution is 2.18. The second-order valence-corrected chi connectivity index (χ2v) is 9.80. The number of primary amides is 1. The molecule has 1 saturated heterocycles. The zero-order valence-corrected chi connectivity index (χ0v) is 21.1. The Bertz CT molecular complexity index is 946. The summed E-state index contributed by atoms with van der Waals surface area (Å²) in [6, 6.07) is 5.52. The molecule has 36 heavy (non-hydrogen) atoms. The monoisotopic (exact) mass is 503 g/mol. The smallest absolute Gasteiger partial charge is 0.417 e. The zero-order chi connectivity index (χ0) is 26.9. The molecule has 1 heterocycles. The van der Waals surface area contributed by atoms with Crippen molar-refractivity contribution in [2.45, 2.75) is 83.0 Å². The summed E-state index contributed by atoms with van der Waals surface area (Å²) in [7, 11) is 0. The first-order chi connectivity index (χ1) is 16.9. The molecule has 0 radical (unpaired) electrons. The summed E-state index contributed by atoms with van der Waals surface area (Å²) >= 11 is 0. The Morgan fingerprint density at radius 1 is 1.17 bits per heavy atom. The minimum atomic E-state index is -1.35. The topological polar surface area (TPSA) is 174 Å². The van der Waals surface area contributed by atoms with Gasteiger partial charge in [-0.15, -0.1) is 0 Å². The number of hydrogen-bond acceptors (Lipinski definition) is 7. The lowest BCUT2D eigenvalue weighted by Crippen LogP contribution is -2.59. The van der Waals surface area contributed by atoms with Gasteiger partial charge in [-0.05, 0) is 58.6 Å². The molecule has 2 rings (SSSR count). The molecule has 5 amide bonds. The maximum Gasteiger partial charge on any atom is 0.417 e. The van der Waals surface area contributed by atoms with Crippen LogP contribution in [0.2, 0.25) is 0 Å². The van der Waals surface area contributed by atoms with E-state index in [1.165, 1.54) is 0 Å². The Kier molecular flexibility index (Phi) is 10.4. The van der Waals surface area contributed by atoms with Gasteiger partial charge in [0.1, 0.15) is 23.7 Å². The minimum Gasteiger partial charge on any atom is -0.443 e. The molecule has 6 N–H and O–H groups in total. The van der Waals surface area contributed by atoms with Crippen LogP contribution in [0.25, 0.3) is 0 Å². The van der Waals surface area contributed by atoms with E-state index in [-0.39, 0.29) is 25.2 Å². The molecule has 1 fully saturated rings. The lowest BCUT2D eigenvalue weighted by Gasteiger charge is -2.33. The van der Waals surface area contributed by atoms with E-state index in [1.54, 1.807) is 51.1 Å². The molecule has 1 aromatic rings. The molecule has 1 aromatic carbocycles. The molecule has 0 aromatic heterocycles. The van der Waals surface area contributed by atoms with E-state index in [0.29, 0.717) is 36.3 Å². The molecule has 0 aliphatic carbocycles. The normalized spacial score (nSPS) is 17.0. The van der Waals surface area contributed by atoms with E-state index < -0.39 is 47.5 Å². The van der Waals surface area contributed by atoms with Gasteiger partial charge in [0.15, 0.2) is 0 Å². The number of hydrogen-bond donors (Lipinski definition) is 4. The molecule has 0 spiro atoms. The van der Waals surface area contributed by atoms with E-state index in [0.717, 1.165) is 0 Å². The SMILES string of the molecule is CC(C)(C)OC(=O)N(C(=O)[C@H](CCCCN)NC(=O)[C@@H]1CCC(=O)N1)[C@@H](Cc1ccccc1)C(N)=O. The van der Waals surface area contributed by atoms with Crippen LogP contribution in [0.1, 0.15) is 58.4 Å². The number of nitrogens with two attached hydrogens (primary N) is 2. The molecule has 11 heteroatoms. The van der Waals surface area contributed by atoms with Crippen LogP contribution >= 0.6 is 0 Å². The van der Waals surface area contributed by atoms with E-state index in [9.17, 15) is 24.0 Å². The van der Waals surface area contributed by atoms with Crippen molar-refractivity contribution in [2.75, 3.05) is 6.54 Å². The molecule has 1 aliphatic rings.